The molecule has 14 heteroatoms. The van der Waals surface area contributed by atoms with Crippen LogP contribution in [-0.2, 0) is 24.3 Å². The summed E-state index contributed by atoms with van der Waals surface area (Å²) in [7, 11) is -2.41. The first-order valence-corrected chi connectivity index (χ1v) is 17.9. The topological polar surface area (TPSA) is 143 Å². The highest BCUT2D eigenvalue weighted by Crippen LogP contribution is 2.34. The molecule has 4 aromatic rings. The Kier molecular flexibility index (Phi) is 10.1. The third-order valence-corrected chi connectivity index (χ3v) is 11.3. The van der Waals surface area contributed by atoms with Gasteiger partial charge in [-0.2, -0.15) is 15.6 Å². The van der Waals surface area contributed by atoms with E-state index in [1.807, 2.05) is 47.2 Å². The van der Waals surface area contributed by atoms with Crippen molar-refractivity contribution in [1.82, 2.24) is 18.8 Å². The van der Waals surface area contributed by atoms with Gasteiger partial charge in [0.2, 0.25) is 16.3 Å². The van der Waals surface area contributed by atoms with Crippen LogP contribution in [0.25, 0.3) is 11.0 Å². The summed E-state index contributed by atoms with van der Waals surface area (Å²) in [6, 6.07) is 15.6. The van der Waals surface area contributed by atoms with E-state index >= 15 is 0 Å². The van der Waals surface area contributed by atoms with Crippen LogP contribution in [-0.4, -0.2) is 91.0 Å². The van der Waals surface area contributed by atoms with Gasteiger partial charge in [-0.15, -0.1) is 0 Å². The molecule has 1 saturated heterocycles. The fraction of sp³-hybridized carbons (Fsp3) is 0.394. The van der Waals surface area contributed by atoms with Crippen molar-refractivity contribution < 1.29 is 32.5 Å². The number of H-pyrrole nitrogens is 1. The van der Waals surface area contributed by atoms with Gasteiger partial charge in [-0.3, -0.25) is 9.36 Å². The number of nitrogens with zero attached hydrogens (tertiary/aromatic N) is 3. The largest absolute Gasteiger partial charge is 0.497 e. The zero-order chi connectivity index (χ0) is 33.0. The monoisotopic (exact) mass is 682 g/mol. The van der Waals surface area contributed by atoms with Crippen molar-refractivity contribution in [3.05, 3.63) is 93.2 Å². The summed E-state index contributed by atoms with van der Waals surface area (Å²) in [5.41, 5.74) is 2.54. The molecule has 47 heavy (non-hydrogen) atoms. The van der Waals surface area contributed by atoms with E-state index in [-0.39, 0.29) is 60.5 Å². The van der Waals surface area contributed by atoms with Crippen LogP contribution in [0.3, 0.4) is 0 Å². The number of hydrogen-bond donors (Lipinski definition) is 2. The molecule has 0 saturated carbocycles. The van der Waals surface area contributed by atoms with Gasteiger partial charge in [0.25, 0.3) is 5.91 Å². The molecule has 250 valence electrons. The Hall–Kier alpha value is -3.95. The standard InChI is InChI=1S/C33H38N4O8S2/c1-43-26-6-8-27(9-7-26)47(41,42)36(15-17-38)16-18-44-31-21-24(23-12-19-46-22-23)20-30(45-31)32(39)35-13-10-25(11-14-35)37-29-5-3-2-4-28(29)34-33(37)40/h2-9,12,19-20,22,24-25,31,38H,10-11,13-18,21H2,1H3,(H,34,40)/t24-,31+/m0/s1. The highest BCUT2D eigenvalue weighted by Gasteiger charge is 2.34. The van der Waals surface area contributed by atoms with E-state index in [1.54, 1.807) is 32.9 Å². The summed E-state index contributed by atoms with van der Waals surface area (Å²) in [5.74, 6) is 0.353. The van der Waals surface area contributed by atoms with Gasteiger partial charge < -0.3 is 29.2 Å². The Labute approximate surface area is 276 Å². The number of likely N-dealkylation sites (tertiary alicyclic amines) is 1. The number of benzene rings is 2. The molecular formula is C33H38N4O8S2. The number of aromatic amines is 1. The zero-order valence-electron chi connectivity index (χ0n) is 26.0. The molecule has 1 amide bonds. The maximum Gasteiger partial charge on any atom is 0.326 e. The van der Waals surface area contributed by atoms with Gasteiger partial charge in [0.05, 0.1) is 36.3 Å². The molecular weight excluding hydrogens is 645 g/mol. The number of aliphatic hydroxyl groups excluding tert-OH is 1. The predicted octanol–water partition coefficient (Wildman–Crippen LogP) is 3.68. The highest BCUT2D eigenvalue weighted by atomic mass is 32.2. The normalized spacial score (nSPS) is 19.1. The lowest BCUT2D eigenvalue weighted by Gasteiger charge is -2.35. The van der Waals surface area contributed by atoms with Crippen LogP contribution in [0, 0.1) is 0 Å². The van der Waals surface area contributed by atoms with Crippen LogP contribution >= 0.6 is 11.3 Å². The molecule has 6 rings (SSSR count). The van der Waals surface area contributed by atoms with Crippen LogP contribution in [0.2, 0.25) is 0 Å². The molecule has 2 aromatic carbocycles. The number of ether oxygens (including phenoxy) is 3. The minimum atomic E-state index is -3.91. The summed E-state index contributed by atoms with van der Waals surface area (Å²) < 4.78 is 46.9. The minimum absolute atomic E-state index is 0.0113. The fourth-order valence-corrected chi connectivity index (χ4v) is 8.34. The number of sulfonamides is 1. The Bertz CT molecular complexity index is 1860. The number of nitrogens with one attached hydrogen (secondary N) is 1. The Balaban J connectivity index is 1.11. The number of thiophene rings is 1. The minimum Gasteiger partial charge on any atom is -0.497 e. The van der Waals surface area contributed by atoms with Crippen molar-refractivity contribution >= 4 is 38.3 Å². The van der Waals surface area contributed by atoms with E-state index in [9.17, 15) is 23.1 Å². The molecule has 2 aliphatic heterocycles. The second kappa shape index (κ2) is 14.4. The number of aliphatic hydroxyl groups is 1. The molecule has 4 heterocycles. The average molecular weight is 683 g/mol. The van der Waals surface area contributed by atoms with Gasteiger partial charge in [0.1, 0.15) is 5.75 Å². The molecule has 2 atom stereocenters. The number of carbonyl (C=O) groups excluding carboxylic acids is 1. The second-order valence-electron chi connectivity index (χ2n) is 11.5. The lowest BCUT2D eigenvalue weighted by molar-refractivity contribution is -0.153. The first kappa shape index (κ1) is 33.0. The lowest BCUT2D eigenvalue weighted by atomic mass is 9.95. The van der Waals surface area contributed by atoms with Crippen LogP contribution in [0.4, 0.5) is 0 Å². The molecule has 0 aliphatic carbocycles. The van der Waals surface area contributed by atoms with Crippen molar-refractivity contribution in [3.8, 4) is 5.75 Å². The van der Waals surface area contributed by atoms with Crippen molar-refractivity contribution in [2.24, 2.45) is 0 Å². The summed E-state index contributed by atoms with van der Waals surface area (Å²) in [4.78, 5) is 31.2. The Morgan fingerprint density at radius 1 is 1.11 bits per heavy atom. The number of allylic oxidation sites excluding steroid dienone is 1. The first-order valence-electron chi connectivity index (χ1n) is 15.5. The molecule has 0 radical (unpaired) electrons. The molecule has 12 nitrogen and oxygen atoms in total. The van der Waals surface area contributed by atoms with Crippen molar-refractivity contribution in [1.29, 1.82) is 0 Å². The number of methoxy groups -OCH3 is 1. The van der Waals surface area contributed by atoms with Gasteiger partial charge in [0, 0.05) is 44.6 Å². The third-order valence-electron chi connectivity index (χ3n) is 8.67. The molecule has 2 aliphatic rings. The summed E-state index contributed by atoms with van der Waals surface area (Å²) in [5, 5.41) is 13.6. The van der Waals surface area contributed by atoms with E-state index in [0.29, 0.717) is 38.1 Å². The predicted molar refractivity (Wildman–Crippen MR) is 177 cm³/mol. The second-order valence-corrected chi connectivity index (χ2v) is 14.2. The maximum absolute atomic E-state index is 13.8. The number of aromatic nitrogens is 2. The van der Waals surface area contributed by atoms with Crippen LogP contribution in [0.5, 0.6) is 5.75 Å². The zero-order valence-corrected chi connectivity index (χ0v) is 27.6. The number of amides is 1. The number of para-hydroxylation sites is 2. The Morgan fingerprint density at radius 2 is 1.87 bits per heavy atom. The van der Waals surface area contributed by atoms with E-state index in [4.69, 9.17) is 14.2 Å². The molecule has 2 N–H and O–H groups in total. The fourth-order valence-electron chi connectivity index (χ4n) is 6.20. The van der Waals surface area contributed by atoms with Crippen LogP contribution in [0.15, 0.2) is 86.9 Å². The van der Waals surface area contributed by atoms with Crippen LogP contribution in [0.1, 0.15) is 36.8 Å². The first-order chi connectivity index (χ1) is 22.8. The van der Waals surface area contributed by atoms with E-state index in [1.165, 1.54) is 23.5 Å². The lowest BCUT2D eigenvalue weighted by Crippen LogP contribution is -2.43. The van der Waals surface area contributed by atoms with Crippen LogP contribution < -0.4 is 10.4 Å². The number of piperidine rings is 1. The summed E-state index contributed by atoms with van der Waals surface area (Å²) >= 11 is 1.56. The molecule has 0 spiro atoms. The van der Waals surface area contributed by atoms with Gasteiger partial charge in [0.15, 0.2) is 5.76 Å². The molecule has 2 aromatic heterocycles. The van der Waals surface area contributed by atoms with E-state index in [2.05, 4.69) is 4.98 Å². The number of imidazole rings is 1. The maximum atomic E-state index is 13.8. The van der Waals surface area contributed by atoms with E-state index < -0.39 is 16.3 Å². The number of fused-ring (bicyclic) bond motifs is 1. The Morgan fingerprint density at radius 3 is 2.57 bits per heavy atom. The summed E-state index contributed by atoms with van der Waals surface area (Å²) in [6.07, 6.45) is 2.75. The van der Waals surface area contributed by atoms with Gasteiger partial charge in [-0.05, 0) is 77.7 Å². The van der Waals surface area contributed by atoms with Crippen molar-refractivity contribution in [2.45, 2.75) is 42.4 Å². The molecule has 0 unspecified atom stereocenters. The number of rotatable bonds is 12. The quantitative estimate of drug-likeness (QED) is 0.231. The highest BCUT2D eigenvalue weighted by molar-refractivity contribution is 7.89. The van der Waals surface area contributed by atoms with Crippen molar-refractivity contribution in [2.75, 3.05) is 46.5 Å². The third kappa shape index (κ3) is 7.16. The summed E-state index contributed by atoms with van der Waals surface area (Å²) in [6.45, 7) is 0.427. The SMILES string of the molecule is COc1ccc(S(=O)(=O)N(CCO)CCO[C@H]2C[C@@H](c3ccsc3)C=C(C(=O)N3CCC(n4c(=O)[nH]c5ccccc54)CC3)O2)cc1. The average Bonchev–Trinajstić information content (AvgIpc) is 3.75. The molecule has 0 bridgehead atoms. The van der Waals surface area contributed by atoms with E-state index in [0.717, 1.165) is 16.6 Å². The smallest absolute Gasteiger partial charge is 0.326 e. The van der Waals surface area contributed by atoms with Gasteiger partial charge >= 0.3 is 5.69 Å². The molecule has 1 fully saturated rings. The number of carbonyl (C=O) groups is 1. The van der Waals surface area contributed by atoms with Gasteiger partial charge in [-0.25, -0.2) is 13.2 Å². The van der Waals surface area contributed by atoms with Crippen molar-refractivity contribution in [3.63, 3.8) is 0 Å². The van der Waals surface area contributed by atoms with Gasteiger partial charge in [-0.1, -0.05) is 12.1 Å². The number of hydrogen-bond acceptors (Lipinski definition) is 9.